The Labute approximate surface area is 138 Å². The number of hydrogen-bond acceptors (Lipinski definition) is 4. The van der Waals surface area contributed by atoms with Crippen molar-refractivity contribution in [2.45, 2.75) is 0 Å². The molecule has 0 aromatic carbocycles. The highest BCUT2D eigenvalue weighted by Gasteiger charge is 2.24. The molecular weight excluding hydrogens is 316 g/mol. The molecule has 1 amide bonds. The zero-order valence-electron chi connectivity index (χ0n) is 12.8. The zero-order chi connectivity index (χ0) is 16.4. The Morgan fingerprint density at radius 2 is 1.91 bits per heavy atom. The molecule has 120 valence electrons. The topological polar surface area (TPSA) is 58.4 Å². The smallest absolute Gasteiger partial charge is 0.263 e. The average Bonchev–Trinajstić information content (AvgIpc) is 2.58. The van der Waals surface area contributed by atoms with Crippen LogP contribution in [0.15, 0.2) is 41.5 Å². The minimum atomic E-state index is -0.265. The Balaban J connectivity index is 1.69. The lowest BCUT2D eigenvalue weighted by Crippen LogP contribution is -2.50. The largest absolute Gasteiger partial charge is 0.353 e. The first kappa shape index (κ1) is 15.6. The van der Waals surface area contributed by atoms with E-state index in [1.165, 1.54) is 4.57 Å². The molecule has 3 rings (SSSR count). The molecule has 6 nitrogen and oxygen atoms in total. The fourth-order valence-corrected chi connectivity index (χ4v) is 2.74. The van der Waals surface area contributed by atoms with Crippen LogP contribution < -0.4 is 10.5 Å². The number of aryl methyl sites for hydroxylation is 1. The maximum absolute atomic E-state index is 12.5. The number of halogens is 1. The molecule has 0 aliphatic carbocycles. The molecule has 3 heterocycles. The van der Waals surface area contributed by atoms with Crippen molar-refractivity contribution in [2.75, 3.05) is 31.1 Å². The van der Waals surface area contributed by atoms with E-state index in [0.717, 1.165) is 5.82 Å². The third-order valence-corrected chi connectivity index (χ3v) is 4.18. The summed E-state index contributed by atoms with van der Waals surface area (Å²) in [5.41, 5.74) is -0.0487. The van der Waals surface area contributed by atoms with E-state index in [1.807, 2.05) is 6.07 Å². The number of aromatic nitrogens is 2. The monoisotopic (exact) mass is 332 g/mol. The molecule has 0 unspecified atom stereocenters. The van der Waals surface area contributed by atoms with E-state index in [1.54, 1.807) is 42.5 Å². The number of pyridine rings is 2. The number of carbonyl (C=O) groups excluding carboxylic acids is 1. The second kappa shape index (κ2) is 6.42. The Morgan fingerprint density at radius 1 is 1.17 bits per heavy atom. The second-order valence-electron chi connectivity index (χ2n) is 5.45. The van der Waals surface area contributed by atoms with Gasteiger partial charge in [-0.2, -0.15) is 0 Å². The minimum absolute atomic E-state index is 0.213. The van der Waals surface area contributed by atoms with Crippen LogP contribution in [0.25, 0.3) is 0 Å². The Bertz CT molecular complexity index is 764. The van der Waals surface area contributed by atoms with Gasteiger partial charge in [-0.3, -0.25) is 9.59 Å². The van der Waals surface area contributed by atoms with E-state index in [2.05, 4.69) is 9.88 Å². The summed E-state index contributed by atoms with van der Waals surface area (Å²) in [7, 11) is 1.64. The summed E-state index contributed by atoms with van der Waals surface area (Å²) in [6, 6.07) is 6.96. The van der Waals surface area contributed by atoms with Crippen molar-refractivity contribution in [3.05, 3.63) is 57.6 Å². The number of anilines is 1. The summed E-state index contributed by atoms with van der Waals surface area (Å²) in [4.78, 5) is 32.7. The highest BCUT2D eigenvalue weighted by atomic mass is 35.5. The van der Waals surface area contributed by atoms with Crippen molar-refractivity contribution in [3.8, 4) is 0 Å². The Morgan fingerprint density at radius 3 is 2.57 bits per heavy atom. The van der Waals surface area contributed by atoms with Crippen LogP contribution >= 0.6 is 11.6 Å². The van der Waals surface area contributed by atoms with Gasteiger partial charge in [-0.15, -0.1) is 0 Å². The number of amides is 1. The van der Waals surface area contributed by atoms with Gasteiger partial charge in [-0.05, 0) is 24.3 Å². The van der Waals surface area contributed by atoms with Crippen molar-refractivity contribution >= 4 is 23.3 Å². The normalized spacial score (nSPS) is 14.9. The molecule has 1 saturated heterocycles. The lowest BCUT2D eigenvalue weighted by atomic mass is 10.2. The van der Waals surface area contributed by atoms with E-state index in [-0.39, 0.29) is 17.0 Å². The summed E-state index contributed by atoms with van der Waals surface area (Å²) in [5.74, 6) is 0.632. The highest BCUT2D eigenvalue weighted by Crippen LogP contribution is 2.16. The molecule has 2 aromatic rings. The van der Waals surface area contributed by atoms with Gasteiger partial charge in [-0.1, -0.05) is 11.6 Å². The van der Waals surface area contributed by atoms with E-state index in [4.69, 9.17) is 11.6 Å². The van der Waals surface area contributed by atoms with Crippen molar-refractivity contribution in [2.24, 2.45) is 7.05 Å². The number of rotatable bonds is 2. The van der Waals surface area contributed by atoms with Gasteiger partial charge in [-0.25, -0.2) is 4.98 Å². The van der Waals surface area contributed by atoms with Crippen molar-refractivity contribution < 1.29 is 4.79 Å². The van der Waals surface area contributed by atoms with Gasteiger partial charge in [0.1, 0.15) is 11.4 Å². The predicted molar refractivity (Wildman–Crippen MR) is 89.0 cm³/mol. The van der Waals surface area contributed by atoms with Gasteiger partial charge in [0.05, 0.1) is 5.02 Å². The molecule has 2 aromatic heterocycles. The predicted octanol–water partition coefficient (Wildman–Crippen LogP) is 1.40. The van der Waals surface area contributed by atoms with Crippen LogP contribution in [0.3, 0.4) is 0 Å². The summed E-state index contributed by atoms with van der Waals surface area (Å²) >= 11 is 5.85. The van der Waals surface area contributed by atoms with Gasteiger partial charge in [0.25, 0.3) is 11.5 Å². The third-order valence-electron chi connectivity index (χ3n) is 3.96. The molecule has 23 heavy (non-hydrogen) atoms. The van der Waals surface area contributed by atoms with Gasteiger partial charge in [0.15, 0.2) is 0 Å². The van der Waals surface area contributed by atoms with Gasteiger partial charge in [0, 0.05) is 45.6 Å². The fraction of sp³-hybridized carbons (Fsp3) is 0.312. The standard InChI is InChI=1S/C16H17ClN4O2/c1-19-6-2-3-13(15(19)22)16(23)21-9-7-20(8-10-21)14-5-4-12(17)11-18-14/h2-6,11H,7-10H2,1H3. The molecule has 0 atom stereocenters. The average molecular weight is 333 g/mol. The first-order valence-electron chi connectivity index (χ1n) is 7.37. The Kier molecular flexibility index (Phi) is 4.34. The van der Waals surface area contributed by atoms with Crippen molar-refractivity contribution in [3.63, 3.8) is 0 Å². The van der Waals surface area contributed by atoms with E-state index in [0.29, 0.717) is 31.2 Å². The maximum atomic E-state index is 12.5. The summed E-state index contributed by atoms with van der Waals surface area (Å²) in [6.45, 7) is 2.46. The SMILES string of the molecule is Cn1cccc(C(=O)N2CCN(c3ccc(Cl)cn3)CC2)c1=O. The summed E-state index contributed by atoms with van der Waals surface area (Å²) < 4.78 is 1.42. The molecule has 7 heteroatoms. The second-order valence-corrected chi connectivity index (χ2v) is 5.89. The van der Waals surface area contributed by atoms with Crippen LogP contribution in [-0.4, -0.2) is 46.5 Å². The minimum Gasteiger partial charge on any atom is -0.353 e. The third kappa shape index (κ3) is 3.22. The lowest BCUT2D eigenvalue weighted by molar-refractivity contribution is 0.0744. The van der Waals surface area contributed by atoms with Crippen LogP contribution in [0.5, 0.6) is 0 Å². The van der Waals surface area contributed by atoms with E-state index >= 15 is 0 Å². The zero-order valence-corrected chi connectivity index (χ0v) is 13.5. The highest BCUT2D eigenvalue weighted by molar-refractivity contribution is 6.30. The summed E-state index contributed by atoms with van der Waals surface area (Å²) in [5, 5.41) is 0.600. The molecule has 1 fully saturated rings. The van der Waals surface area contributed by atoms with Gasteiger partial charge >= 0.3 is 0 Å². The van der Waals surface area contributed by atoms with Crippen LogP contribution in [0.4, 0.5) is 5.82 Å². The molecule has 0 bridgehead atoms. The molecule has 0 saturated carbocycles. The van der Waals surface area contributed by atoms with Crippen LogP contribution in [0.1, 0.15) is 10.4 Å². The quantitative estimate of drug-likeness (QED) is 0.834. The molecule has 0 radical (unpaired) electrons. The first-order chi connectivity index (χ1) is 11.1. The summed E-state index contributed by atoms with van der Waals surface area (Å²) in [6.07, 6.45) is 3.26. The van der Waals surface area contributed by atoms with Crippen LogP contribution in [0.2, 0.25) is 5.02 Å². The lowest BCUT2D eigenvalue weighted by Gasteiger charge is -2.35. The molecule has 1 aliphatic rings. The molecule has 0 N–H and O–H groups in total. The number of nitrogens with zero attached hydrogens (tertiary/aromatic N) is 4. The maximum Gasteiger partial charge on any atom is 0.263 e. The van der Waals surface area contributed by atoms with Crippen molar-refractivity contribution in [1.82, 2.24) is 14.5 Å². The van der Waals surface area contributed by atoms with Gasteiger partial charge in [0.2, 0.25) is 0 Å². The fourth-order valence-electron chi connectivity index (χ4n) is 2.62. The molecule has 0 spiro atoms. The first-order valence-corrected chi connectivity index (χ1v) is 7.75. The van der Waals surface area contributed by atoms with E-state index < -0.39 is 0 Å². The molecular formula is C16H17ClN4O2. The van der Waals surface area contributed by atoms with Gasteiger partial charge < -0.3 is 14.4 Å². The molecule has 1 aliphatic heterocycles. The Hall–Kier alpha value is -2.34. The van der Waals surface area contributed by atoms with Crippen LogP contribution in [0, 0.1) is 0 Å². The van der Waals surface area contributed by atoms with Crippen molar-refractivity contribution in [1.29, 1.82) is 0 Å². The number of piperazine rings is 1. The number of carbonyl (C=O) groups is 1. The number of hydrogen-bond donors (Lipinski definition) is 0. The van der Waals surface area contributed by atoms with E-state index in [9.17, 15) is 9.59 Å². The van der Waals surface area contributed by atoms with Crippen LogP contribution in [-0.2, 0) is 7.05 Å².